The molecule has 3 rings (SSSR count). The van der Waals surface area contributed by atoms with Gasteiger partial charge in [-0.1, -0.05) is 12.1 Å². The van der Waals surface area contributed by atoms with Crippen molar-refractivity contribution in [2.75, 3.05) is 20.8 Å². The monoisotopic (exact) mass is 356 g/mol. The summed E-state index contributed by atoms with van der Waals surface area (Å²) in [5, 5.41) is 7.08. The van der Waals surface area contributed by atoms with Gasteiger partial charge in [0.25, 0.3) is 5.91 Å². The third-order valence-corrected chi connectivity index (χ3v) is 3.74. The summed E-state index contributed by atoms with van der Waals surface area (Å²) in [6.45, 7) is 2.68. The number of rotatable bonds is 7. The topological polar surface area (TPSA) is 87.0 Å². The van der Waals surface area contributed by atoms with Crippen LogP contribution in [0.1, 0.15) is 23.0 Å². The molecule has 0 unspecified atom stereocenters. The van der Waals surface area contributed by atoms with Crippen molar-refractivity contribution in [3.63, 3.8) is 0 Å². The van der Waals surface area contributed by atoms with Crippen molar-refractivity contribution < 1.29 is 19.0 Å². The van der Waals surface area contributed by atoms with Crippen LogP contribution in [0.2, 0.25) is 0 Å². The van der Waals surface area contributed by atoms with Crippen molar-refractivity contribution in [1.29, 1.82) is 0 Å². The fourth-order valence-corrected chi connectivity index (χ4v) is 2.56. The highest BCUT2D eigenvalue weighted by molar-refractivity contribution is 5.92. The number of nitrogens with one attached hydrogen (secondary N) is 1. The molecule has 0 bridgehead atoms. The second-order valence-electron chi connectivity index (χ2n) is 5.37. The highest BCUT2D eigenvalue weighted by Gasteiger charge is 2.14. The Labute approximate surface area is 150 Å². The molecule has 136 valence electrons. The number of methoxy groups -OCH3 is 2. The number of benzene rings is 1. The van der Waals surface area contributed by atoms with E-state index in [2.05, 4.69) is 15.4 Å². The first kappa shape index (κ1) is 17.5. The molecule has 2 heterocycles. The lowest BCUT2D eigenvalue weighted by atomic mass is 10.2. The van der Waals surface area contributed by atoms with Gasteiger partial charge in [-0.25, -0.2) is 9.50 Å². The van der Waals surface area contributed by atoms with Crippen LogP contribution in [0.25, 0.3) is 5.65 Å². The van der Waals surface area contributed by atoms with Gasteiger partial charge < -0.3 is 19.5 Å². The first-order valence-corrected chi connectivity index (χ1v) is 8.13. The van der Waals surface area contributed by atoms with Gasteiger partial charge in [-0.2, -0.15) is 0 Å². The van der Waals surface area contributed by atoms with Crippen LogP contribution in [0.4, 0.5) is 0 Å². The SMILES string of the molecule is CCOc1ccc2nc(C(=O)NCc3cccc(OC)c3OC)cn2n1. The minimum atomic E-state index is -0.307. The van der Waals surface area contributed by atoms with Crippen LogP contribution in [0, 0.1) is 0 Å². The number of nitrogens with zero attached hydrogens (tertiary/aromatic N) is 3. The standard InChI is InChI=1S/C18H20N4O4/c1-4-26-16-9-8-15-20-13(11-22(15)21-16)18(23)19-10-12-6-5-7-14(24-2)17(12)25-3/h5-9,11H,4,10H2,1-3H3,(H,19,23). The Morgan fingerprint density at radius 3 is 2.77 bits per heavy atom. The third kappa shape index (κ3) is 3.53. The number of imidazole rings is 1. The molecule has 0 saturated carbocycles. The Morgan fingerprint density at radius 2 is 2.04 bits per heavy atom. The molecule has 1 amide bonds. The van der Waals surface area contributed by atoms with Crippen LogP contribution in [-0.4, -0.2) is 41.3 Å². The number of hydrogen-bond acceptors (Lipinski definition) is 6. The van der Waals surface area contributed by atoms with E-state index in [4.69, 9.17) is 14.2 Å². The van der Waals surface area contributed by atoms with E-state index in [0.29, 0.717) is 29.6 Å². The number of para-hydroxylation sites is 1. The lowest BCUT2D eigenvalue weighted by molar-refractivity contribution is 0.0946. The molecular weight excluding hydrogens is 336 g/mol. The van der Waals surface area contributed by atoms with E-state index in [9.17, 15) is 4.79 Å². The molecule has 1 N–H and O–H groups in total. The van der Waals surface area contributed by atoms with E-state index < -0.39 is 0 Å². The van der Waals surface area contributed by atoms with Gasteiger partial charge in [0.2, 0.25) is 5.88 Å². The van der Waals surface area contributed by atoms with E-state index in [1.807, 2.05) is 19.1 Å². The highest BCUT2D eigenvalue weighted by atomic mass is 16.5. The second kappa shape index (κ2) is 7.73. The number of hydrogen-bond donors (Lipinski definition) is 1. The molecule has 3 aromatic rings. The van der Waals surface area contributed by atoms with Crippen molar-refractivity contribution in [2.24, 2.45) is 0 Å². The minimum absolute atomic E-state index is 0.271. The summed E-state index contributed by atoms with van der Waals surface area (Å²) in [5.41, 5.74) is 1.64. The number of amides is 1. The zero-order valence-electron chi connectivity index (χ0n) is 14.9. The molecule has 0 aliphatic rings. The Kier molecular flexibility index (Phi) is 5.21. The van der Waals surface area contributed by atoms with Gasteiger partial charge in [0.05, 0.1) is 27.0 Å². The van der Waals surface area contributed by atoms with Crippen molar-refractivity contribution >= 4 is 11.6 Å². The molecule has 26 heavy (non-hydrogen) atoms. The average Bonchev–Trinajstić information content (AvgIpc) is 3.09. The molecule has 2 aromatic heterocycles. The maximum Gasteiger partial charge on any atom is 0.271 e. The van der Waals surface area contributed by atoms with Crippen LogP contribution in [0.15, 0.2) is 36.5 Å². The maximum absolute atomic E-state index is 12.4. The number of fused-ring (bicyclic) bond motifs is 1. The minimum Gasteiger partial charge on any atom is -0.493 e. The van der Waals surface area contributed by atoms with E-state index in [1.54, 1.807) is 38.6 Å². The third-order valence-electron chi connectivity index (χ3n) is 3.74. The van der Waals surface area contributed by atoms with Gasteiger partial charge in [-0.3, -0.25) is 4.79 Å². The Hall–Kier alpha value is -3.29. The smallest absolute Gasteiger partial charge is 0.271 e. The predicted octanol–water partition coefficient (Wildman–Crippen LogP) is 2.08. The predicted molar refractivity (Wildman–Crippen MR) is 94.9 cm³/mol. The summed E-state index contributed by atoms with van der Waals surface area (Å²) in [4.78, 5) is 16.7. The zero-order valence-corrected chi connectivity index (χ0v) is 14.9. The fourth-order valence-electron chi connectivity index (χ4n) is 2.56. The number of aromatic nitrogens is 3. The summed E-state index contributed by atoms with van der Waals surface area (Å²) in [6.07, 6.45) is 1.57. The van der Waals surface area contributed by atoms with Crippen molar-refractivity contribution in [1.82, 2.24) is 19.9 Å². The summed E-state index contributed by atoms with van der Waals surface area (Å²) in [7, 11) is 3.13. The van der Waals surface area contributed by atoms with Crippen molar-refractivity contribution in [2.45, 2.75) is 13.5 Å². The molecule has 0 fully saturated rings. The van der Waals surface area contributed by atoms with Gasteiger partial charge in [-0.05, 0) is 19.1 Å². The van der Waals surface area contributed by atoms with Crippen molar-refractivity contribution in [3.8, 4) is 17.4 Å². The van der Waals surface area contributed by atoms with Gasteiger partial charge >= 0.3 is 0 Å². The molecule has 0 radical (unpaired) electrons. The molecule has 8 nitrogen and oxygen atoms in total. The highest BCUT2D eigenvalue weighted by Crippen LogP contribution is 2.30. The summed E-state index contributed by atoms with van der Waals surface area (Å²) in [5.74, 6) is 1.37. The van der Waals surface area contributed by atoms with Crippen LogP contribution in [0.5, 0.6) is 17.4 Å². The fraction of sp³-hybridized carbons (Fsp3) is 0.278. The average molecular weight is 356 g/mol. The van der Waals surface area contributed by atoms with Crippen LogP contribution in [0.3, 0.4) is 0 Å². The van der Waals surface area contributed by atoms with Gasteiger partial charge in [0, 0.05) is 18.2 Å². The van der Waals surface area contributed by atoms with E-state index in [0.717, 1.165) is 5.56 Å². The van der Waals surface area contributed by atoms with Crippen LogP contribution >= 0.6 is 0 Å². The largest absolute Gasteiger partial charge is 0.493 e. The summed E-state index contributed by atoms with van der Waals surface area (Å²) >= 11 is 0. The number of carbonyl (C=O) groups excluding carboxylic acids is 1. The summed E-state index contributed by atoms with van der Waals surface area (Å²) in [6, 6.07) is 8.97. The number of carbonyl (C=O) groups is 1. The quantitative estimate of drug-likeness (QED) is 0.697. The first-order chi connectivity index (χ1) is 12.7. The van der Waals surface area contributed by atoms with E-state index in [1.165, 1.54) is 4.52 Å². The lowest BCUT2D eigenvalue weighted by Crippen LogP contribution is -2.23. The van der Waals surface area contributed by atoms with Crippen LogP contribution < -0.4 is 19.5 Å². The Morgan fingerprint density at radius 1 is 1.19 bits per heavy atom. The number of ether oxygens (including phenoxy) is 3. The van der Waals surface area contributed by atoms with Gasteiger partial charge in [-0.15, -0.1) is 5.10 Å². The molecule has 0 spiro atoms. The van der Waals surface area contributed by atoms with Gasteiger partial charge in [0.1, 0.15) is 5.69 Å². The maximum atomic E-state index is 12.4. The molecule has 8 heteroatoms. The van der Waals surface area contributed by atoms with Gasteiger partial charge in [0.15, 0.2) is 17.1 Å². The molecule has 0 aliphatic heterocycles. The van der Waals surface area contributed by atoms with Crippen molar-refractivity contribution in [3.05, 3.63) is 47.8 Å². The molecule has 0 aliphatic carbocycles. The molecule has 0 atom stereocenters. The first-order valence-electron chi connectivity index (χ1n) is 8.13. The zero-order chi connectivity index (χ0) is 18.5. The molecule has 0 saturated heterocycles. The van der Waals surface area contributed by atoms with Crippen LogP contribution in [-0.2, 0) is 6.54 Å². The van der Waals surface area contributed by atoms with E-state index in [-0.39, 0.29) is 18.1 Å². The normalized spacial score (nSPS) is 10.6. The lowest BCUT2D eigenvalue weighted by Gasteiger charge is -2.12. The Bertz CT molecular complexity index is 923. The van der Waals surface area contributed by atoms with E-state index >= 15 is 0 Å². The summed E-state index contributed by atoms with van der Waals surface area (Å²) < 4.78 is 17.5. The second-order valence-corrected chi connectivity index (χ2v) is 5.37. The Balaban J connectivity index is 1.75. The molecule has 1 aromatic carbocycles. The molecular formula is C18H20N4O4.